The van der Waals surface area contributed by atoms with E-state index in [9.17, 15) is 24.3 Å². The number of aromatic nitrogens is 3. The zero-order valence-corrected chi connectivity index (χ0v) is 18.8. The average molecular weight is 473 g/mol. The van der Waals surface area contributed by atoms with E-state index in [1.165, 1.54) is 25.1 Å². The predicted octanol–water partition coefficient (Wildman–Crippen LogP) is 2.33. The van der Waals surface area contributed by atoms with Crippen LogP contribution in [0.2, 0.25) is 5.02 Å². The molecule has 0 aliphatic heterocycles. The number of esters is 1. The van der Waals surface area contributed by atoms with Gasteiger partial charge in [0, 0.05) is 17.6 Å². The van der Waals surface area contributed by atoms with E-state index in [0.29, 0.717) is 10.6 Å². The van der Waals surface area contributed by atoms with Gasteiger partial charge in [-0.2, -0.15) is 9.78 Å². The number of amides is 1. The molecule has 11 heteroatoms. The molecule has 0 unspecified atom stereocenters. The summed E-state index contributed by atoms with van der Waals surface area (Å²) in [6.45, 7) is 4.31. The molecular weight excluding hydrogens is 452 g/mol. The summed E-state index contributed by atoms with van der Waals surface area (Å²) in [4.78, 5) is 50.2. The van der Waals surface area contributed by atoms with Gasteiger partial charge in [0.1, 0.15) is 11.4 Å². The molecule has 0 fully saturated rings. The molecule has 0 aliphatic carbocycles. The number of aromatic hydroxyl groups is 1. The fourth-order valence-electron chi connectivity index (χ4n) is 2.96. The molecule has 0 aliphatic rings. The van der Waals surface area contributed by atoms with Gasteiger partial charge < -0.3 is 15.2 Å². The first-order chi connectivity index (χ1) is 15.6. The monoisotopic (exact) mass is 472 g/mol. The molecule has 33 heavy (non-hydrogen) atoms. The second-order valence-electron chi connectivity index (χ2n) is 7.40. The number of halogens is 1. The Hall–Kier alpha value is -3.92. The number of benzene rings is 2. The Kier molecular flexibility index (Phi) is 6.98. The highest BCUT2D eigenvalue weighted by molar-refractivity contribution is 6.30. The summed E-state index contributed by atoms with van der Waals surface area (Å²) in [5.41, 5.74) is -1.81. The number of hydrogen-bond donors (Lipinski definition) is 2. The van der Waals surface area contributed by atoms with Crippen molar-refractivity contribution in [3.05, 3.63) is 79.6 Å². The molecule has 2 aromatic carbocycles. The van der Waals surface area contributed by atoms with Crippen molar-refractivity contribution < 1.29 is 19.4 Å². The largest absolute Gasteiger partial charge is 0.506 e. The van der Waals surface area contributed by atoms with Gasteiger partial charge in [-0.05, 0) is 49.7 Å². The predicted molar refractivity (Wildman–Crippen MR) is 121 cm³/mol. The molecule has 172 valence electrons. The van der Waals surface area contributed by atoms with Gasteiger partial charge in [0.05, 0.1) is 12.6 Å². The fraction of sp³-hybridized carbons (Fsp3) is 0.227. The van der Waals surface area contributed by atoms with Crippen molar-refractivity contribution in [1.29, 1.82) is 0 Å². The van der Waals surface area contributed by atoms with Crippen molar-refractivity contribution in [3.8, 4) is 11.4 Å². The van der Waals surface area contributed by atoms with E-state index >= 15 is 0 Å². The second-order valence-corrected chi connectivity index (χ2v) is 7.84. The maximum atomic E-state index is 13.2. The minimum Gasteiger partial charge on any atom is -0.506 e. The van der Waals surface area contributed by atoms with Crippen LogP contribution in [0.4, 0.5) is 5.69 Å². The standard InChI is InChI=1S/C22H21ClN4O6/c1-12(2)33-21(31)19-20(30)26(11-14-4-6-15(23)7-5-14)22(32)27(25-19)17-10-16(24-13(3)28)8-9-18(17)29/h4-10,12,29H,11H2,1-3H3,(H,24,28). The number of phenols is 1. The number of carbonyl (C=O) groups is 2. The van der Waals surface area contributed by atoms with E-state index in [2.05, 4.69) is 10.4 Å². The maximum absolute atomic E-state index is 13.2. The Bertz CT molecular complexity index is 1330. The van der Waals surface area contributed by atoms with Crippen molar-refractivity contribution >= 4 is 29.2 Å². The summed E-state index contributed by atoms with van der Waals surface area (Å²) in [6, 6.07) is 10.4. The fourth-order valence-corrected chi connectivity index (χ4v) is 3.08. The smallest absolute Gasteiger partial charge is 0.364 e. The zero-order valence-electron chi connectivity index (χ0n) is 18.0. The van der Waals surface area contributed by atoms with Crippen LogP contribution in [0.25, 0.3) is 5.69 Å². The highest BCUT2D eigenvalue weighted by atomic mass is 35.5. The first-order valence-electron chi connectivity index (χ1n) is 9.87. The molecule has 1 heterocycles. The number of nitrogens with zero attached hydrogens (tertiary/aromatic N) is 3. The first kappa shape index (κ1) is 23.7. The van der Waals surface area contributed by atoms with Gasteiger partial charge in [-0.25, -0.2) is 9.59 Å². The van der Waals surface area contributed by atoms with Crippen LogP contribution in [0.1, 0.15) is 36.8 Å². The van der Waals surface area contributed by atoms with Crippen molar-refractivity contribution in [2.24, 2.45) is 0 Å². The summed E-state index contributed by atoms with van der Waals surface area (Å²) in [5, 5.41) is 17.3. The summed E-state index contributed by atoms with van der Waals surface area (Å²) in [6.07, 6.45) is -0.541. The van der Waals surface area contributed by atoms with Gasteiger partial charge in [0.25, 0.3) is 5.56 Å². The Morgan fingerprint density at radius 1 is 1.15 bits per heavy atom. The van der Waals surface area contributed by atoms with Crippen LogP contribution < -0.4 is 16.6 Å². The second kappa shape index (κ2) is 9.70. The molecule has 1 amide bonds. The van der Waals surface area contributed by atoms with Crippen LogP contribution in [-0.2, 0) is 16.1 Å². The lowest BCUT2D eigenvalue weighted by atomic mass is 10.2. The van der Waals surface area contributed by atoms with Crippen molar-refractivity contribution in [3.63, 3.8) is 0 Å². The normalized spacial score (nSPS) is 10.8. The third-order valence-electron chi connectivity index (χ3n) is 4.37. The number of hydrogen-bond acceptors (Lipinski definition) is 7. The molecule has 0 spiro atoms. The molecule has 0 saturated heterocycles. The number of carbonyl (C=O) groups excluding carboxylic acids is 2. The number of anilines is 1. The Morgan fingerprint density at radius 2 is 1.82 bits per heavy atom. The molecule has 2 N–H and O–H groups in total. The van der Waals surface area contributed by atoms with Gasteiger partial charge in [-0.1, -0.05) is 23.7 Å². The van der Waals surface area contributed by atoms with E-state index in [0.717, 1.165) is 9.25 Å². The summed E-state index contributed by atoms with van der Waals surface area (Å²) >= 11 is 5.90. The summed E-state index contributed by atoms with van der Waals surface area (Å²) < 4.78 is 6.63. The molecule has 0 saturated carbocycles. The number of rotatable bonds is 6. The lowest BCUT2D eigenvalue weighted by molar-refractivity contribution is -0.114. The van der Waals surface area contributed by atoms with E-state index in [4.69, 9.17) is 16.3 Å². The van der Waals surface area contributed by atoms with Crippen LogP contribution in [-0.4, -0.2) is 37.4 Å². The molecule has 0 atom stereocenters. The van der Waals surface area contributed by atoms with Gasteiger partial charge in [-0.3, -0.25) is 14.2 Å². The Morgan fingerprint density at radius 3 is 2.42 bits per heavy atom. The number of ether oxygens (including phenoxy) is 1. The molecule has 10 nitrogen and oxygen atoms in total. The van der Waals surface area contributed by atoms with Crippen LogP contribution in [0.15, 0.2) is 52.1 Å². The van der Waals surface area contributed by atoms with Crippen LogP contribution in [0, 0.1) is 0 Å². The van der Waals surface area contributed by atoms with Crippen LogP contribution in [0.3, 0.4) is 0 Å². The lowest BCUT2D eigenvalue weighted by Crippen LogP contribution is -2.44. The topological polar surface area (TPSA) is 133 Å². The van der Waals surface area contributed by atoms with Crippen molar-refractivity contribution in [2.45, 2.75) is 33.4 Å². The molecule has 0 bridgehead atoms. The average Bonchev–Trinajstić information content (AvgIpc) is 2.73. The summed E-state index contributed by atoms with van der Waals surface area (Å²) in [5.74, 6) is -1.76. The highest BCUT2D eigenvalue weighted by Gasteiger charge is 2.23. The van der Waals surface area contributed by atoms with Crippen LogP contribution >= 0.6 is 11.6 Å². The molecule has 3 aromatic rings. The molecule has 1 aromatic heterocycles. The van der Waals surface area contributed by atoms with Crippen molar-refractivity contribution in [1.82, 2.24) is 14.3 Å². The number of nitrogens with one attached hydrogen (secondary N) is 1. The van der Waals surface area contributed by atoms with Crippen LogP contribution in [0.5, 0.6) is 5.75 Å². The quantitative estimate of drug-likeness (QED) is 0.415. The third kappa shape index (κ3) is 5.47. The van der Waals surface area contributed by atoms with Gasteiger partial charge in [-0.15, -0.1) is 0 Å². The maximum Gasteiger partial charge on any atom is 0.364 e. The minimum absolute atomic E-state index is 0.144. The van der Waals surface area contributed by atoms with Gasteiger partial charge in [0.15, 0.2) is 0 Å². The first-order valence-corrected chi connectivity index (χ1v) is 10.2. The summed E-state index contributed by atoms with van der Waals surface area (Å²) in [7, 11) is 0. The molecular formula is C22H21ClN4O6. The SMILES string of the molecule is CC(=O)Nc1ccc(O)c(-n2nc(C(=O)OC(C)C)c(=O)n(Cc3ccc(Cl)cc3)c2=O)c1. The molecule has 3 rings (SSSR count). The third-order valence-corrected chi connectivity index (χ3v) is 4.63. The zero-order chi connectivity index (χ0) is 24.3. The highest BCUT2D eigenvalue weighted by Crippen LogP contribution is 2.24. The van der Waals surface area contributed by atoms with Crippen molar-refractivity contribution in [2.75, 3.05) is 5.32 Å². The van der Waals surface area contributed by atoms with Gasteiger partial charge in [0.2, 0.25) is 11.6 Å². The van der Waals surface area contributed by atoms with E-state index in [-0.39, 0.29) is 29.6 Å². The lowest BCUT2D eigenvalue weighted by Gasteiger charge is -2.14. The van der Waals surface area contributed by atoms with Gasteiger partial charge >= 0.3 is 11.7 Å². The Balaban J connectivity index is 2.24. The minimum atomic E-state index is -1.02. The van der Waals surface area contributed by atoms with E-state index < -0.39 is 29.0 Å². The van der Waals surface area contributed by atoms with E-state index in [1.54, 1.807) is 38.1 Å². The Labute approximate surface area is 193 Å². The molecule has 0 radical (unpaired) electrons. The number of phenolic OH excluding ortho intramolecular Hbond substituents is 1. The van der Waals surface area contributed by atoms with E-state index in [1.807, 2.05) is 0 Å².